The number of nitrogens with zero attached hydrogens (tertiary/aromatic N) is 1. The lowest BCUT2D eigenvalue weighted by Crippen LogP contribution is -2.27. The number of hydrogen-bond donors (Lipinski definition) is 2. The summed E-state index contributed by atoms with van der Waals surface area (Å²) in [6.45, 7) is 2.12. The number of hydrogen-bond acceptors (Lipinski definition) is 3. The molecule has 0 aromatic heterocycles. The van der Waals surface area contributed by atoms with E-state index in [1.807, 2.05) is 6.92 Å². The molecule has 0 aromatic rings. The summed E-state index contributed by atoms with van der Waals surface area (Å²) in [4.78, 5) is 9.97. The van der Waals surface area contributed by atoms with E-state index in [9.17, 15) is 4.79 Å². The molecular weight excluding hydrogens is 134 g/mol. The van der Waals surface area contributed by atoms with Crippen molar-refractivity contribution in [2.45, 2.75) is 19.8 Å². The molecule has 0 heterocycles. The van der Waals surface area contributed by atoms with Gasteiger partial charge in [-0.15, -0.1) is 0 Å². The fraction of sp³-hybridized carbons (Fsp3) is 0.833. The second-order valence-corrected chi connectivity index (χ2v) is 2.14. The number of carboxylic acid groups (broad SMARTS) is 1. The minimum absolute atomic E-state index is 0.292. The van der Waals surface area contributed by atoms with Crippen molar-refractivity contribution < 1.29 is 15.1 Å². The first kappa shape index (κ1) is 9.39. The number of aliphatic carboxylic acids is 1. The molecule has 0 amide bonds. The Labute approximate surface area is 60.0 Å². The van der Waals surface area contributed by atoms with Gasteiger partial charge in [-0.2, -0.15) is 5.06 Å². The van der Waals surface area contributed by atoms with E-state index in [0.29, 0.717) is 6.54 Å². The first-order valence-electron chi connectivity index (χ1n) is 3.32. The molecule has 60 valence electrons. The largest absolute Gasteiger partial charge is 0.480 e. The second kappa shape index (κ2) is 5.20. The van der Waals surface area contributed by atoms with E-state index in [4.69, 9.17) is 10.3 Å². The number of hydroxylamine groups is 2. The zero-order valence-corrected chi connectivity index (χ0v) is 6.08. The molecule has 10 heavy (non-hydrogen) atoms. The Morgan fingerprint density at radius 2 is 2.20 bits per heavy atom. The van der Waals surface area contributed by atoms with Crippen molar-refractivity contribution in [1.29, 1.82) is 0 Å². The normalized spacial score (nSPS) is 10.3. The van der Waals surface area contributed by atoms with Gasteiger partial charge in [0.1, 0.15) is 6.54 Å². The summed E-state index contributed by atoms with van der Waals surface area (Å²) in [5, 5.41) is 17.8. The van der Waals surface area contributed by atoms with E-state index in [-0.39, 0.29) is 6.54 Å². The van der Waals surface area contributed by atoms with Gasteiger partial charge in [0.25, 0.3) is 0 Å². The smallest absolute Gasteiger partial charge is 0.320 e. The Hall–Kier alpha value is -0.610. The van der Waals surface area contributed by atoms with E-state index < -0.39 is 5.97 Å². The highest BCUT2D eigenvalue weighted by atomic mass is 16.5. The summed E-state index contributed by atoms with van der Waals surface area (Å²) in [7, 11) is 0. The molecule has 0 bridgehead atoms. The third-order valence-electron chi connectivity index (χ3n) is 1.09. The van der Waals surface area contributed by atoms with Gasteiger partial charge in [-0.3, -0.25) is 4.79 Å². The number of carbonyl (C=O) groups is 1. The summed E-state index contributed by atoms with van der Waals surface area (Å²) < 4.78 is 0. The van der Waals surface area contributed by atoms with Gasteiger partial charge in [0.2, 0.25) is 0 Å². The lowest BCUT2D eigenvalue weighted by molar-refractivity contribution is -0.153. The second-order valence-electron chi connectivity index (χ2n) is 2.14. The van der Waals surface area contributed by atoms with Crippen LogP contribution in [0.2, 0.25) is 0 Å². The highest BCUT2D eigenvalue weighted by molar-refractivity contribution is 5.68. The quantitative estimate of drug-likeness (QED) is 0.558. The molecule has 0 aliphatic heterocycles. The van der Waals surface area contributed by atoms with Gasteiger partial charge in [-0.25, -0.2) is 0 Å². The fourth-order valence-electron chi connectivity index (χ4n) is 0.576. The van der Waals surface area contributed by atoms with Crippen molar-refractivity contribution in [3.63, 3.8) is 0 Å². The lowest BCUT2D eigenvalue weighted by atomic mass is 10.3. The van der Waals surface area contributed by atoms with Gasteiger partial charge < -0.3 is 10.3 Å². The maximum absolute atomic E-state index is 9.97. The van der Waals surface area contributed by atoms with Crippen molar-refractivity contribution in [2.75, 3.05) is 13.1 Å². The molecule has 0 saturated heterocycles. The molecule has 0 saturated carbocycles. The van der Waals surface area contributed by atoms with Crippen molar-refractivity contribution in [3.05, 3.63) is 0 Å². The third-order valence-corrected chi connectivity index (χ3v) is 1.09. The van der Waals surface area contributed by atoms with Crippen LogP contribution in [0.15, 0.2) is 0 Å². The SMILES string of the molecule is CCCCN(O)CC(=O)O. The fourth-order valence-corrected chi connectivity index (χ4v) is 0.576. The topological polar surface area (TPSA) is 60.8 Å². The molecule has 0 unspecified atom stereocenters. The Morgan fingerprint density at radius 1 is 1.60 bits per heavy atom. The van der Waals surface area contributed by atoms with Crippen LogP contribution in [0.25, 0.3) is 0 Å². The maximum atomic E-state index is 9.97. The highest BCUT2D eigenvalue weighted by Crippen LogP contribution is 1.89. The number of rotatable bonds is 5. The predicted molar refractivity (Wildman–Crippen MR) is 35.9 cm³/mol. The van der Waals surface area contributed by atoms with Crippen LogP contribution in [-0.4, -0.2) is 34.4 Å². The van der Waals surface area contributed by atoms with Crippen LogP contribution in [-0.2, 0) is 4.79 Å². The lowest BCUT2D eigenvalue weighted by Gasteiger charge is -2.09. The predicted octanol–water partition coefficient (Wildman–Crippen LogP) is 0.562. The molecular formula is C6H13NO3. The van der Waals surface area contributed by atoms with Crippen LogP contribution in [0.3, 0.4) is 0 Å². The molecule has 0 fully saturated rings. The standard InChI is InChI=1S/C6H13NO3/c1-2-3-4-7(10)5-6(8)9/h10H,2-5H2,1H3,(H,8,9). The molecule has 0 rings (SSSR count). The van der Waals surface area contributed by atoms with Gasteiger partial charge in [0.15, 0.2) is 0 Å². The van der Waals surface area contributed by atoms with Crippen molar-refractivity contribution >= 4 is 5.97 Å². The van der Waals surface area contributed by atoms with Crippen molar-refractivity contribution in [2.24, 2.45) is 0 Å². The summed E-state index contributed by atoms with van der Waals surface area (Å²) >= 11 is 0. The Kier molecular flexibility index (Phi) is 4.88. The summed E-state index contributed by atoms with van der Waals surface area (Å²) in [5.41, 5.74) is 0. The first-order chi connectivity index (χ1) is 4.66. The zero-order valence-electron chi connectivity index (χ0n) is 6.08. The first-order valence-corrected chi connectivity index (χ1v) is 3.32. The van der Waals surface area contributed by atoms with Crippen molar-refractivity contribution in [1.82, 2.24) is 5.06 Å². The van der Waals surface area contributed by atoms with Crippen molar-refractivity contribution in [3.8, 4) is 0 Å². The van der Waals surface area contributed by atoms with E-state index in [1.54, 1.807) is 0 Å². The van der Waals surface area contributed by atoms with Gasteiger partial charge in [-0.05, 0) is 6.42 Å². The summed E-state index contributed by atoms with van der Waals surface area (Å²) in [6.07, 6.45) is 1.78. The molecule has 0 radical (unpaired) electrons. The van der Waals surface area contributed by atoms with Crippen LogP contribution in [0.1, 0.15) is 19.8 Å². The molecule has 0 aliphatic rings. The van der Waals surface area contributed by atoms with Crippen LogP contribution < -0.4 is 0 Å². The molecule has 0 spiro atoms. The van der Waals surface area contributed by atoms with Gasteiger partial charge in [0.05, 0.1) is 0 Å². The van der Waals surface area contributed by atoms with Crippen LogP contribution >= 0.6 is 0 Å². The van der Waals surface area contributed by atoms with E-state index >= 15 is 0 Å². The van der Waals surface area contributed by atoms with Gasteiger partial charge >= 0.3 is 5.97 Å². The van der Waals surface area contributed by atoms with Crippen LogP contribution in [0.5, 0.6) is 0 Å². The van der Waals surface area contributed by atoms with E-state index in [1.165, 1.54) is 0 Å². The Morgan fingerprint density at radius 3 is 2.60 bits per heavy atom. The number of carboxylic acids is 1. The van der Waals surface area contributed by atoms with Gasteiger partial charge in [0, 0.05) is 6.54 Å². The average molecular weight is 147 g/mol. The highest BCUT2D eigenvalue weighted by Gasteiger charge is 2.03. The molecule has 0 atom stereocenters. The molecule has 0 aromatic carbocycles. The minimum Gasteiger partial charge on any atom is -0.480 e. The molecule has 0 aliphatic carbocycles. The Bertz CT molecular complexity index is 105. The molecule has 2 N–H and O–H groups in total. The van der Waals surface area contributed by atoms with E-state index in [0.717, 1.165) is 17.9 Å². The molecule has 4 heteroatoms. The summed E-state index contributed by atoms with van der Waals surface area (Å²) in [6, 6.07) is 0. The Balaban J connectivity index is 3.25. The third kappa shape index (κ3) is 5.53. The van der Waals surface area contributed by atoms with Crippen LogP contribution in [0, 0.1) is 0 Å². The zero-order chi connectivity index (χ0) is 7.98. The van der Waals surface area contributed by atoms with E-state index in [2.05, 4.69) is 0 Å². The maximum Gasteiger partial charge on any atom is 0.320 e. The number of unbranched alkanes of at least 4 members (excludes halogenated alkanes) is 1. The molecule has 4 nitrogen and oxygen atoms in total. The van der Waals surface area contributed by atoms with Gasteiger partial charge in [-0.1, -0.05) is 13.3 Å². The monoisotopic (exact) mass is 147 g/mol. The van der Waals surface area contributed by atoms with Crippen LogP contribution in [0.4, 0.5) is 0 Å². The average Bonchev–Trinajstić information content (AvgIpc) is 1.82. The minimum atomic E-state index is -1.00. The summed E-state index contributed by atoms with van der Waals surface area (Å²) in [5.74, 6) is -1.00.